The van der Waals surface area contributed by atoms with E-state index in [1.807, 2.05) is 95.1 Å². The zero-order valence-corrected chi connectivity index (χ0v) is 30.4. The third kappa shape index (κ3) is 7.43. The average molecular weight is 703 g/mol. The van der Waals surface area contributed by atoms with Gasteiger partial charge in [0, 0.05) is 38.9 Å². The van der Waals surface area contributed by atoms with Crippen LogP contribution in [0.15, 0.2) is 78.5 Å². The number of nitrogens with zero attached hydrogens (tertiary/aromatic N) is 2. The lowest BCUT2D eigenvalue weighted by Crippen LogP contribution is -1.84. The zero-order valence-electron chi connectivity index (χ0n) is 23.9. The second-order valence-corrected chi connectivity index (χ2v) is 19.4. The molecule has 2 aromatic heterocycles. The van der Waals surface area contributed by atoms with Crippen LogP contribution in [0.4, 0.5) is 0 Å². The Kier molecular flexibility index (Phi) is 12.0. The lowest BCUT2D eigenvalue weighted by molar-refractivity contribution is 0.707. The van der Waals surface area contributed by atoms with Crippen molar-refractivity contribution in [2.75, 3.05) is 11.5 Å². The summed E-state index contributed by atoms with van der Waals surface area (Å²) in [6.07, 6.45) is 14.4. The molecule has 42 heavy (non-hydrogen) atoms. The molecule has 1 aliphatic carbocycles. The van der Waals surface area contributed by atoms with Crippen molar-refractivity contribution < 1.29 is 0 Å². The minimum Gasteiger partial charge on any atom is -0.254 e. The molecule has 3 aliphatic heterocycles. The van der Waals surface area contributed by atoms with Crippen LogP contribution < -0.4 is 0 Å². The third-order valence-electron chi connectivity index (χ3n) is 6.94. The van der Waals surface area contributed by atoms with E-state index in [1.165, 1.54) is 102 Å². The molecule has 0 unspecified atom stereocenters. The lowest BCUT2D eigenvalue weighted by atomic mass is 10.1. The number of unbranched alkanes of at least 4 members (excludes halogenated alkanes) is 6. The highest BCUT2D eigenvalue weighted by Crippen LogP contribution is 2.65. The Bertz CT molecular complexity index is 1400. The lowest BCUT2D eigenvalue weighted by Gasteiger charge is -2.07. The van der Waals surface area contributed by atoms with Crippen molar-refractivity contribution in [1.29, 1.82) is 0 Å². The van der Waals surface area contributed by atoms with Gasteiger partial charge in [-0.1, -0.05) is 135 Å². The van der Waals surface area contributed by atoms with Crippen molar-refractivity contribution in [2.45, 2.75) is 65.2 Å². The van der Waals surface area contributed by atoms with E-state index in [0.29, 0.717) is 0 Å². The number of hydrogen-bond acceptors (Lipinski definition) is 10. The van der Waals surface area contributed by atoms with Crippen molar-refractivity contribution >= 4 is 99.7 Å². The molecule has 6 rings (SSSR count). The highest BCUT2D eigenvalue weighted by molar-refractivity contribution is 8.42. The second kappa shape index (κ2) is 15.9. The molecule has 2 aromatic rings. The van der Waals surface area contributed by atoms with Crippen LogP contribution in [0.1, 0.15) is 76.3 Å². The summed E-state index contributed by atoms with van der Waals surface area (Å²) in [7, 11) is 0. The van der Waals surface area contributed by atoms with Gasteiger partial charge in [-0.15, -0.1) is 23.5 Å². The van der Waals surface area contributed by atoms with E-state index >= 15 is 0 Å². The Labute approximate surface area is 284 Å². The molecular weight excluding hydrogens is 669 g/mol. The van der Waals surface area contributed by atoms with Crippen LogP contribution in [0.3, 0.4) is 0 Å². The molecule has 0 saturated carbocycles. The predicted molar refractivity (Wildman–Crippen MR) is 202 cm³/mol. The topological polar surface area (TPSA) is 25.8 Å². The van der Waals surface area contributed by atoms with E-state index in [-0.39, 0.29) is 0 Å². The minimum absolute atomic E-state index is 1.00. The molecule has 0 spiro atoms. The molecule has 0 saturated heterocycles. The maximum absolute atomic E-state index is 4.68. The summed E-state index contributed by atoms with van der Waals surface area (Å²) in [5.41, 5.74) is 5.69. The summed E-state index contributed by atoms with van der Waals surface area (Å²) in [5.74, 6) is 2.48. The van der Waals surface area contributed by atoms with E-state index in [0.717, 1.165) is 11.4 Å². The molecular formula is C32H34N2S8. The first kappa shape index (κ1) is 31.8. The van der Waals surface area contributed by atoms with Crippen molar-refractivity contribution in [3.8, 4) is 11.4 Å². The van der Waals surface area contributed by atoms with Crippen LogP contribution in [-0.4, -0.2) is 21.5 Å². The van der Waals surface area contributed by atoms with Gasteiger partial charge in [0.05, 0.1) is 32.6 Å². The van der Waals surface area contributed by atoms with Gasteiger partial charge in [-0.2, -0.15) is 0 Å². The van der Waals surface area contributed by atoms with Gasteiger partial charge < -0.3 is 0 Å². The molecule has 220 valence electrons. The molecule has 4 aliphatic rings. The quantitative estimate of drug-likeness (QED) is 0.160. The zero-order chi connectivity index (χ0) is 28.7. The van der Waals surface area contributed by atoms with Crippen LogP contribution in [0.25, 0.3) is 17.0 Å². The molecule has 0 atom stereocenters. The molecule has 0 N–H and O–H groups in total. The summed E-state index contributed by atoms with van der Waals surface area (Å²) in [4.78, 5) is 12.1. The third-order valence-corrected chi connectivity index (χ3v) is 18.1. The van der Waals surface area contributed by atoms with E-state index in [9.17, 15) is 0 Å². The smallest absolute Gasteiger partial charge is 0.0971 e. The van der Waals surface area contributed by atoms with E-state index < -0.39 is 0 Å². The van der Waals surface area contributed by atoms with E-state index in [4.69, 9.17) is 0 Å². The van der Waals surface area contributed by atoms with Crippen LogP contribution in [0, 0.1) is 0 Å². The summed E-state index contributed by atoms with van der Waals surface area (Å²) in [5, 5.41) is 4.71. The van der Waals surface area contributed by atoms with Crippen molar-refractivity contribution in [2.24, 2.45) is 0 Å². The summed E-state index contributed by atoms with van der Waals surface area (Å²) in [6, 6.07) is 8.45. The summed E-state index contributed by atoms with van der Waals surface area (Å²) in [6.45, 7) is 4.59. The van der Waals surface area contributed by atoms with Crippen LogP contribution in [-0.2, 0) is 0 Å². The number of rotatable bonds is 13. The van der Waals surface area contributed by atoms with Gasteiger partial charge in [0.2, 0.25) is 0 Å². The first-order valence-corrected chi connectivity index (χ1v) is 21.6. The van der Waals surface area contributed by atoms with Crippen molar-refractivity contribution in [1.82, 2.24) is 9.97 Å². The molecule has 0 radical (unpaired) electrons. The van der Waals surface area contributed by atoms with Gasteiger partial charge in [0.1, 0.15) is 0 Å². The monoisotopic (exact) mass is 702 g/mol. The molecule has 0 aromatic carbocycles. The van der Waals surface area contributed by atoms with Gasteiger partial charge in [-0.05, 0) is 47.3 Å². The first-order valence-electron chi connectivity index (χ1n) is 14.6. The Hall–Kier alpha value is -0.200. The Balaban J connectivity index is 1.12. The highest BCUT2D eigenvalue weighted by Gasteiger charge is 2.33. The molecule has 0 bridgehead atoms. The summed E-state index contributed by atoms with van der Waals surface area (Å²) >= 11 is 15.9. The van der Waals surface area contributed by atoms with Crippen molar-refractivity contribution in [3.05, 3.63) is 89.6 Å². The highest BCUT2D eigenvalue weighted by atomic mass is 32.3. The number of thioether (sulfide) groups is 8. The van der Waals surface area contributed by atoms with E-state index in [2.05, 4.69) is 70.3 Å². The van der Waals surface area contributed by atoms with Crippen LogP contribution in [0.2, 0.25) is 0 Å². The molecule has 2 nitrogen and oxygen atoms in total. The summed E-state index contributed by atoms with van der Waals surface area (Å²) < 4.78 is 7.35. The molecule has 0 amide bonds. The average Bonchev–Trinajstić information content (AvgIpc) is 3.82. The fourth-order valence-electron chi connectivity index (χ4n) is 4.80. The normalized spacial score (nSPS) is 17.9. The fraction of sp³-hybridized carbons (Fsp3) is 0.375. The maximum atomic E-state index is 4.68. The number of aromatic nitrogens is 2. The van der Waals surface area contributed by atoms with Gasteiger partial charge in [-0.25, -0.2) is 0 Å². The Morgan fingerprint density at radius 1 is 0.595 bits per heavy atom. The Morgan fingerprint density at radius 3 is 1.67 bits per heavy atom. The second-order valence-electron chi connectivity index (χ2n) is 10.0. The van der Waals surface area contributed by atoms with Gasteiger partial charge in [0.15, 0.2) is 0 Å². The standard InChI is InChI=1S/C32H34N2S8/c1-3-5-7-9-17-35-29-30(36-18-10-8-6-4-2)42-32(41-29)31-38-20-24(40-31)23-19-37-28(39-23)25-21-13-11-15-33-26(21)27-22(25)14-12-16-34-27/h11-16,19-20H,3-10,17-18H2,1-2H3. The molecule has 5 heterocycles. The minimum atomic E-state index is 1.00. The first-order chi connectivity index (χ1) is 20.8. The van der Waals surface area contributed by atoms with Gasteiger partial charge in [0.25, 0.3) is 0 Å². The SMILES string of the molecule is CCCCCCSC1=C(SCCCCCC)SC(=C2SC=C(C3=CSC(=C4c5cccnc5-c5ncccc54)S3)S2)S1. The number of pyridine rings is 2. The van der Waals surface area contributed by atoms with E-state index in [1.54, 1.807) is 8.47 Å². The predicted octanol–water partition coefficient (Wildman–Crippen LogP) is 13.2. The van der Waals surface area contributed by atoms with Gasteiger partial charge in [-0.3, -0.25) is 9.97 Å². The van der Waals surface area contributed by atoms with Crippen LogP contribution in [0.5, 0.6) is 0 Å². The molecule has 0 fully saturated rings. The fourth-order valence-corrected chi connectivity index (χ4v) is 16.0. The van der Waals surface area contributed by atoms with Gasteiger partial charge >= 0.3 is 0 Å². The molecule has 10 heteroatoms. The maximum Gasteiger partial charge on any atom is 0.0971 e. The number of hydrogen-bond donors (Lipinski definition) is 0. The van der Waals surface area contributed by atoms with Crippen LogP contribution >= 0.6 is 94.1 Å². The van der Waals surface area contributed by atoms with Crippen molar-refractivity contribution in [3.63, 3.8) is 0 Å². The Morgan fingerprint density at radius 2 is 1.12 bits per heavy atom. The largest absolute Gasteiger partial charge is 0.254 e. The number of fused-ring (bicyclic) bond motifs is 3.